The summed E-state index contributed by atoms with van der Waals surface area (Å²) >= 11 is 0. The minimum Gasteiger partial charge on any atom is -0.300 e. The number of hydrogen-bond acceptors (Lipinski definition) is 1. The van der Waals surface area contributed by atoms with Crippen LogP contribution < -0.4 is 0 Å². The largest absolute Gasteiger partial charge is 0.300 e. The van der Waals surface area contributed by atoms with Crippen molar-refractivity contribution in [1.29, 1.82) is 0 Å². The van der Waals surface area contributed by atoms with E-state index in [9.17, 15) is 4.79 Å². The lowest BCUT2D eigenvalue weighted by Crippen LogP contribution is -2.01. The highest BCUT2D eigenvalue weighted by Gasteiger charge is 2.40. The predicted octanol–water partition coefficient (Wildman–Crippen LogP) is 4.27. The van der Waals surface area contributed by atoms with Gasteiger partial charge in [-0.2, -0.15) is 0 Å². The Balaban J connectivity index is 2.16. The molecule has 86 valence electrons. The molecule has 15 heavy (non-hydrogen) atoms. The van der Waals surface area contributed by atoms with Crippen molar-refractivity contribution in [3.8, 4) is 0 Å². The highest BCUT2D eigenvalue weighted by molar-refractivity contribution is 5.75. The van der Waals surface area contributed by atoms with Gasteiger partial charge in [-0.15, -0.1) is 0 Å². The Morgan fingerprint density at radius 3 is 2.33 bits per heavy atom. The van der Waals surface area contributed by atoms with Crippen LogP contribution in [0.4, 0.5) is 0 Å². The van der Waals surface area contributed by atoms with E-state index in [-0.39, 0.29) is 0 Å². The average molecular weight is 208 g/mol. The van der Waals surface area contributed by atoms with E-state index in [0.717, 1.165) is 12.8 Å². The topological polar surface area (TPSA) is 17.1 Å². The van der Waals surface area contributed by atoms with E-state index in [0.29, 0.717) is 11.2 Å². The lowest BCUT2D eigenvalue weighted by atomic mass is 9.92. The molecule has 0 radical (unpaired) electrons. The van der Waals surface area contributed by atoms with Crippen LogP contribution in [-0.4, -0.2) is 5.78 Å². The van der Waals surface area contributed by atoms with Crippen molar-refractivity contribution in [1.82, 2.24) is 0 Å². The SMILES string of the molecule is CC(=O)CCCC1(CCC=C(C)C)CC1. The van der Waals surface area contributed by atoms with Gasteiger partial charge in [-0.05, 0) is 64.7 Å². The Morgan fingerprint density at radius 2 is 1.87 bits per heavy atom. The first-order valence-corrected chi connectivity index (χ1v) is 6.17. The van der Waals surface area contributed by atoms with Crippen molar-refractivity contribution in [3.63, 3.8) is 0 Å². The van der Waals surface area contributed by atoms with Crippen LogP contribution in [0.15, 0.2) is 11.6 Å². The van der Waals surface area contributed by atoms with Gasteiger partial charge in [-0.1, -0.05) is 11.6 Å². The van der Waals surface area contributed by atoms with Crippen molar-refractivity contribution in [3.05, 3.63) is 11.6 Å². The molecule has 0 amide bonds. The second-order valence-corrected chi connectivity index (χ2v) is 5.38. The first-order valence-electron chi connectivity index (χ1n) is 6.17. The number of hydrogen-bond donors (Lipinski definition) is 0. The maximum atomic E-state index is 10.8. The van der Waals surface area contributed by atoms with Crippen LogP contribution in [0, 0.1) is 5.41 Å². The monoisotopic (exact) mass is 208 g/mol. The number of Topliss-reactive ketones (excluding diaryl/α,β-unsaturated/α-hetero) is 1. The summed E-state index contributed by atoms with van der Waals surface area (Å²) in [4.78, 5) is 10.8. The molecule has 1 aliphatic rings. The number of rotatable bonds is 7. The third kappa shape index (κ3) is 5.15. The smallest absolute Gasteiger partial charge is 0.129 e. The van der Waals surface area contributed by atoms with Gasteiger partial charge in [-0.3, -0.25) is 0 Å². The Labute approximate surface area is 93.9 Å². The van der Waals surface area contributed by atoms with Crippen LogP contribution in [0.3, 0.4) is 0 Å². The number of allylic oxidation sites excluding steroid dienone is 2. The van der Waals surface area contributed by atoms with Crippen LogP contribution >= 0.6 is 0 Å². The van der Waals surface area contributed by atoms with E-state index in [2.05, 4.69) is 19.9 Å². The number of carbonyl (C=O) groups excluding carboxylic acids is 1. The maximum absolute atomic E-state index is 10.8. The van der Waals surface area contributed by atoms with Crippen LogP contribution in [0.25, 0.3) is 0 Å². The molecule has 1 heteroatoms. The van der Waals surface area contributed by atoms with Crippen LogP contribution in [-0.2, 0) is 4.79 Å². The molecule has 0 atom stereocenters. The molecule has 1 aliphatic carbocycles. The van der Waals surface area contributed by atoms with Gasteiger partial charge in [0.25, 0.3) is 0 Å². The van der Waals surface area contributed by atoms with Crippen molar-refractivity contribution in [2.24, 2.45) is 5.41 Å². The van der Waals surface area contributed by atoms with Crippen LogP contribution in [0.5, 0.6) is 0 Å². The molecule has 1 rings (SSSR count). The zero-order chi connectivity index (χ0) is 11.3. The van der Waals surface area contributed by atoms with Crippen LogP contribution in [0.1, 0.15) is 65.7 Å². The van der Waals surface area contributed by atoms with E-state index >= 15 is 0 Å². The summed E-state index contributed by atoms with van der Waals surface area (Å²) < 4.78 is 0. The number of ketones is 1. The molecule has 1 fully saturated rings. The van der Waals surface area contributed by atoms with Crippen LogP contribution in [0.2, 0.25) is 0 Å². The Bertz CT molecular complexity index is 242. The third-order valence-corrected chi connectivity index (χ3v) is 3.42. The molecule has 0 aromatic carbocycles. The summed E-state index contributed by atoms with van der Waals surface area (Å²) in [6.07, 6.45) is 10.8. The van der Waals surface area contributed by atoms with Crippen molar-refractivity contribution < 1.29 is 4.79 Å². The lowest BCUT2D eigenvalue weighted by molar-refractivity contribution is -0.117. The molecular formula is C14H24O. The molecule has 0 heterocycles. The fraction of sp³-hybridized carbons (Fsp3) is 0.786. The fourth-order valence-corrected chi connectivity index (χ4v) is 2.18. The van der Waals surface area contributed by atoms with Gasteiger partial charge in [0.1, 0.15) is 5.78 Å². The van der Waals surface area contributed by atoms with Gasteiger partial charge < -0.3 is 4.79 Å². The summed E-state index contributed by atoms with van der Waals surface area (Å²) in [7, 11) is 0. The van der Waals surface area contributed by atoms with Gasteiger partial charge in [-0.25, -0.2) is 0 Å². The standard InChI is InChI=1S/C14H24O/c1-12(2)6-4-8-14(10-11-14)9-5-7-13(3)15/h6H,4-5,7-11H2,1-3H3. The lowest BCUT2D eigenvalue weighted by Gasteiger charge is -2.13. The maximum Gasteiger partial charge on any atom is 0.129 e. The molecule has 0 bridgehead atoms. The fourth-order valence-electron chi connectivity index (χ4n) is 2.18. The Morgan fingerprint density at radius 1 is 1.20 bits per heavy atom. The minimum atomic E-state index is 0.343. The molecular weight excluding hydrogens is 184 g/mol. The van der Waals surface area contributed by atoms with E-state index in [1.807, 2.05) is 0 Å². The molecule has 1 nitrogen and oxygen atoms in total. The first-order chi connectivity index (χ1) is 7.04. The quantitative estimate of drug-likeness (QED) is 0.571. The molecule has 0 spiro atoms. The highest BCUT2D eigenvalue weighted by atomic mass is 16.1. The second kappa shape index (κ2) is 5.48. The van der Waals surface area contributed by atoms with Gasteiger partial charge in [0, 0.05) is 6.42 Å². The normalized spacial score (nSPS) is 17.3. The zero-order valence-electron chi connectivity index (χ0n) is 10.4. The van der Waals surface area contributed by atoms with Gasteiger partial charge >= 0.3 is 0 Å². The third-order valence-electron chi connectivity index (χ3n) is 3.42. The van der Waals surface area contributed by atoms with E-state index in [4.69, 9.17) is 0 Å². The van der Waals surface area contributed by atoms with Gasteiger partial charge in [0.2, 0.25) is 0 Å². The zero-order valence-corrected chi connectivity index (χ0v) is 10.4. The summed E-state index contributed by atoms with van der Waals surface area (Å²) in [6, 6.07) is 0. The molecule has 0 aromatic rings. The molecule has 0 aliphatic heterocycles. The van der Waals surface area contributed by atoms with Gasteiger partial charge in [0.05, 0.1) is 0 Å². The second-order valence-electron chi connectivity index (χ2n) is 5.38. The van der Waals surface area contributed by atoms with Gasteiger partial charge in [0.15, 0.2) is 0 Å². The summed E-state index contributed by atoms with van der Waals surface area (Å²) in [5, 5.41) is 0. The Kier molecular flexibility index (Phi) is 4.56. The molecule has 0 saturated heterocycles. The molecule has 0 unspecified atom stereocenters. The van der Waals surface area contributed by atoms with Crippen molar-refractivity contribution in [2.75, 3.05) is 0 Å². The van der Waals surface area contributed by atoms with E-state index in [1.54, 1.807) is 6.92 Å². The Hall–Kier alpha value is -0.590. The summed E-state index contributed by atoms with van der Waals surface area (Å²) in [6.45, 7) is 6.02. The summed E-state index contributed by atoms with van der Waals surface area (Å²) in [5.74, 6) is 0.343. The predicted molar refractivity (Wildman–Crippen MR) is 64.9 cm³/mol. The van der Waals surface area contributed by atoms with E-state index < -0.39 is 0 Å². The van der Waals surface area contributed by atoms with E-state index in [1.165, 1.54) is 37.7 Å². The molecule has 1 saturated carbocycles. The summed E-state index contributed by atoms with van der Waals surface area (Å²) in [5.41, 5.74) is 2.05. The minimum absolute atomic E-state index is 0.343. The average Bonchev–Trinajstić information content (AvgIpc) is 2.84. The van der Waals surface area contributed by atoms with Crippen molar-refractivity contribution in [2.45, 2.75) is 65.7 Å². The number of carbonyl (C=O) groups is 1. The highest BCUT2D eigenvalue weighted by Crippen LogP contribution is 2.53. The van der Waals surface area contributed by atoms with Crippen molar-refractivity contribution >= 4 is 5.78 Å². The molecule has 0 N–H and O–H groups in total. The molecule has 0 aromatic heterocycles. The first kappa shape index (κ1) is 12.5.